The molecule has 0 aromatic rings. The Morgan fingerprint density at radius 1 is 1.17 bits per heavy atom. The van der Waals surface area contributed by atoms with Crippen LogP contribution in [0.5, 0.6) is 0 Å². The lowest BCUT2D eigenvalue weighted by atomic mass is 10.0. The lowest BCUT2D eigenvalue weighted by Crippen LogP contribution is -2.55. The standard InChI is InChI=1S/C6H12N4O2/c1-6(2)5-9(7-11)3-4-10(6)8-12/h3-5H2,1-2H3. The molecule has 1 heterocycles. The minimum absolute atomic E-state index is 0.395. The monoisotopic (exact) mass is 172 g/mol. The number of piperazine rings is 1. The summed E-state index contributed by atoms with van der Waals surface area (Å²) in [5.74, 6) is 0. The number of nitrogens with zero attached hydrogens (tertiary/aromatic N) is 4. The van der Waals surface area contributed by atoms with Crippen LogP contribution in [0.25, 0.3) is 0 Å². The van der Waals surface area contributed by atoms with Gasteiger partial charge in [0.2, 0.25) is 0 Å². The number of hydrogen-bond acceptors (Lipinski definition) is 4. The molecule has 0 bridgehead atoms. The Hall–Kier alpha value is -1.20. The highest BCUT2D eigenvalue weighted by atomic mass is 16.3. The maximum atomic E-state index is 10.3. The van der Waals surface area contributed by atoms with Crippen LogP contribution in [0.4, 0.5) is 0 Å². The highest BCUT2D eigenvalue weighted by molar-refractivity contribution is 4.86. The molecular weight excluding hydrogens is 160 g/mol. The van der Waals surface area contributed by atoms with Gasteiger partial charge in [-0.25, -0.2) is 0 Å². The average Bonchev–Trinajstić information content (AvgIpc) is 2.02. The molecule has 1 aliphatic rings. The molecule has 0 spiro atoms. The van der Waals surface area contributed by atoms with E-state index >= 15 is 0 Å². The van der Waals surface area contributed by atoms with Gasteiger partial charge in [0.25, 0.3) is 0 Å². The fourth-order valence-corrected chi connectivity index (χ4v) is 1.34. The molecule has 0 aromatic carbocycles. The van der Waals surface area contributed by atoms with Crippen molar-refractivity contribution in [2.75, 3.05) is 19.6 Å². The zero-order valence-electron chi connectivity index (χ0n) is 7.23. The second-order valence-electron chi connectivity index (χ2n) is 3.49. The summed E-state index contributed by atoms with van der Waals surface area (Å²) in [5.41, 5.74) is -0.395. The molecule has 0 aromatic heterocycles. The summed E-state index contributed by atoms with van der Waals surface area (Å²) in [4.78, 5) is 20.5. The Morgan fingerprint density at radius 3 is 2.25 bits per heavy atom. The van der Waals surface area contributed by atoms with Gasteiger partial charge in [-0.15, -0.1) is 9.81 Å². The van der Waals surface area contributed by atoms with Crippen LogP contribution in [-0.2, 0) is 0 Å². The molecule has 1 rings (SSSR count). The maximum Gasteiger partial charge on any atom is 0.0748 e. The van der Waals surface area contributed by atoms with E-state index in [4.69, 9.17) is 0 Å². The summed E-state index contributed by atoms with van der Waals surface area (Å²) in [7, 11) is 0. The molecule has 0 atom stereocenters. The predicted molar refractivity (Wildman–Crippen MR) is 43.9 cm³/mol. The van der Waals surface area contributed by atoms with Crippen molar-refractivity contribution in [3.8, 4) is 0 Å². The molecule has 6 nitrogen and oxygen atoms in total. The van der Waals surface area contributed by atoms with Gasteiger partial charge < -0.3 is 0 Å². The maximum absolute atomic E-state index is 10.3. The van der Waals surface area contributed by atoms with Crippen molar-refractivity contribution in [1.29, 1.82) is 0 Å². The smallest absolute Gasteiger partial charge is 0.0748 e. The Balaban J connectivity index is 2.66. The van der Waals surface area contributed by atoms with Gasteiger partial charge in [-0.1, -0.05) is 0 Å². The zero-order valence-corrected chi connectivity index (χ0v) is 7.23. The lowest BCUT2D eigenvalue weighted by Gasteiger charge is -2.40. The fraction of sp³-hybridized carbons (Fsp3) is 1.00. The largest absolute Gasteiger partial charge is 0.257 e. The third-order valence-electron chi connectivity index (χ3n) is 2.05. The molecule has 6 heteroatoms. The SMILES string of the molecule is CC1(C)CN(N=O)CCN1N=O. The topological polar surface area (TPSA) is 65.3 Å². The molecule has 0 radical (unpaired) electrons. The van der Waals surface area contributed by atoms with E-state index in [0.717, 1.165) is 0 Å². The minimum Gasteiger partial charge on any atom is -0.257 e. The van der Waals surface area contributed by atoms with Gasteiger partial charge in [0, 0.05) is 0 Å². The fourth-order valence-electron chi connectivity index (χ4n) is 1.34. The number of nitroso groups, excluding NO2 is 2. The number of rotatable bonds is 2. The van der Waals surface area contributed by atoms with Crippen LogP contribution in [0.3, 0.4) is 0 Å². The van der Waals surface area contributed by atoms with E-state index in [0.29, 0.717) is 19.6 Å². The van der Waals surface area contributed by atoms with Gasteiger partial charge in [-0.2, -0.15) is 0 Å². The minimum atomic E-state index is -0.395. The number of hydrogen-bond donors (Lipinski definition) is 0. The van der Waals surface area contributed by atoms with E-state index in [1.54, 1.807) is 0 Å². The Kier molecular flexibility index (Phi) is 2.25. The summed E-state index contributed by atoms with van der Waals surface area (Å²) in [6, 6.07) is 0. The highest BCUT2D eigenvalue weighted by Crippen LogP contribution is 2.20. The van der Waals surface area contributed by atoms with Crippen LogP contribution in [-0.4, -0.2) is 35.2 Å². The van der Waals surface area contributed by atoms with E-state index in [-0.39, 0.29) is 0 Å². The Morgan fingerprint density at radius 2 is 1.83 bits per heavy atom. The van der Waals surface area contributed by atoms with Crippen molar-refractivity contribution in [3.05, 3.63) is 9.81 Å². The van der Waals surface area contributed by atoms with Gasteiger partial charge in [0.05, 0.1) is 35.7 Å². The molecule has 0 saturated carbocycles. The first-order valence-electron chi connectivity index (χ1n) is 3.79. The normalized spacial score (nSPS) is 22.2. The molecule has 68 valence electrons. The van der Waals surface area contributed by atoms with Crippen molar-refractivity contribution in [3.63, 3.8) is 0 Å². The average molecular weight is 172 g/mol. The molecule has 0 aliphatic carbocycles. The van der Waals surface area contributed by atoms with Crippen LogP contribution < -0.4 is 0 Å². The summed E-state index contributed by atoms with van der Waals surface area (Å²) < 4.78 is 0. The first kappa shape index (κ1) is 8.89. The third-order valence-corrected chi connectivity index (χ3v) is 2.05. The molecule has 0 amide bonds. The van der Waals surface area contributed by atoms with Crippen molar-refractivity contribution in [2.45, 2.75) is 19.4 Å². The molecule has 0 N–H and O–H groups in total. The van der Waals surface area contributed by atoms with E-state index in [1.807, 2.05) is 13.8 Å². The van der Waals surface area contributed by atoms with Crippen LogP contribution in [0.2, 0.25) is 0 Å². The van der Waals surface area contributed by atoms with Crippen LogP contribution >= 0.6 is 0 Å². The van der Waals surface area contributed by atoms with Gasteiger partial charge in [-0.05, 0) is 13.8 Å². The molecule has 1 saturated heterocycles. The van der Waals surface area contributed by atoms with E-state index in [2.05, 4.69) is 10.6 Å². The zero-order chi connectivity index (χ0) is 9.19. The van der Waals surface area contributed by atoms with Crippen molar-refractivity contribution in [2.24, 2.45) is 10.6 Å². The van der Waals surface area contributed by atoms with Gasteiger partial charge in [0.15, 0.2) is 0 Å². The summed E-state index contributed by atoms with van der Waals surface area (Å²) >= 11 is 0. The van der Waals surface area contributed by atoms with Crippen molar-refractivity contribution in [1.82, 2.24) is 10.0 Å². The second-order valence-corrected chi connectivity index (χ2v) is 3.49. The molecule has 12 heavy (non-hydrogen) atoms. The van der Waals surface area contributed by atoms with Gasteiger partial charge in [0.1, 0.15) is 0 Å². The Bertz CT molecular complexity index is 194. The summed E-state index contributed by atoms with van der Waals surface area (Å²) in [5, 5.41) is 8.55. The summed E-state index contributed by atoms with van der Waals surface area (Å²) in [6.07, 6.45) is 0. The van der Waals surface area contributed by atoms with E-state index in [1.165, 1.54) is 10.0 Å². The van der Waals surface area contributed by atoms with E-state index < -0.39 is 5.54 Å². The quantitative estimate of drug-likeness (QED) is 0.576. The molecule has 1 aliphatic heterocycles. The summed E-state index contributed by atoms with van der Waals surface area (Å²) in [6.45, 7) is 5.08. The predicted octanol–water partition coefficient (Wildman–Crippen LogP) is 0.745. The van der Waals surface area contributed by atoms with Crippen LogP contribution in [0.1, 0.15) is 13.8 Å². The van der Waals surface area contributed by atoms with Crippen LogP contribution in [0.15, 0.2) is 10.6 Å². The first-order chi connectivity index (χ1) is 5.60. The first-order valence-corrected chi connectivity index (χ1v) is 3.79. The van der Waals surface area contributed by atoms with Crippen molar-refractivity contribution < 1.29 is 0 Å². The van der Waals surface area contributed by atoms with Crippen LogP contribution in [0, 0.1) is 9.81 Å². The molecule has 0 unspecified atom stereocenters. The lowest BCUT2D eigenvalue weighted by molar-refractivity contribution is 0.0206. The van der Waals surface area contributed by atoms with Gasteiger partial charge >= 0.3 is 0 Å². The second kappa shape index (κ2) is 3.04. The highest BCUT2D eigenvalue weighted by Gasteiger charge is 2.34. The van der Waals surface area contributed by atoms with Crippen molar-refractivity contribution >= 4 is 0 Å². The molecule has 1 fully saturated rings. The molecular formula is C6H12N4O2. The van der Waals surface area contributed by atoms with E-state index in [9.17, 15) is 9.81 Å². The Labute approximate surface area is 70.4 Å². The third kappa shape index (κ3) is 1.51. The van der Waals surface area contributed by atoms with Gasteiger partial charge in [-0.3, -0.25) is 10.0 Å².